The fraction of sp³-hybridized carbons (Fsp3) is 0.385. The molecule has 0 fully saturated rings. The van der Waals surface area contributed by atoms with Crippen molar-refractivity contribution in [2.24, 2.45) is 0 Å². The third kappa shape index (κ3) is 1.55. The summed E-state index contributed by atoms with van der Waals surface area (Å²) in [5.41, 5.74) is 4.18. The number of hydrogen-bond donors (Lipinski definition) is 1. The van der Waals surface area contributed by atoms with E-state index in [1.807, 2.05) is 6.07 Å². The largest absolute Gasteiger partial charge is 0.358 e. The third-order valence-corrected chi connectivity index (χ3v) is 3.55. The number of fused-ring (bicyclic) bond motifs is 3. The molecule has 0 saturated heterocycles. The van der Waals surface area contributed by atoms with Gasteiger partial charge in [0.05, 0.1) is 0 Å². The molecule has 78 valence electrons. The van der Waals surface area contributed by atoms with Crippen LogP contribution in [0.4, 0.5) is 0 Å². The molecule has 0 bridgehead atoms. The zero-order valence-electron chi connectivity index (χ0n) is 8.65. The molecule has 0 spiro atoms. The van der Waals surface area contributed by atoms with E-state index < -0.39 is 0 Å². The van der Waals surface area contributed by atoms with E-state index in [-0.39, 0.29) is 0 Å². The minimum atomic E-state index is 0.841. The molecule has 2 aromatic rings. The second kappa shape index (κ2) is 3.57. The lowest BCUT2D eigenvalue weighted by Crippen LogP contribution is -1.86. The fourth-order valence-corrected chi connectivity index (χ4v) is 2.73. The van der Waals surface area contributed by atoms with Crippen LogP contribution >= 0.6 is 11.6 Å². The average Bonchev–Trinajstić information content (AvgIpc) is 2.44. The Morgan fingerprint density at radius 2 is 1.93 bits per heavy atom. The lowest BCUT2D eigenvalue weighted by molar-refractivity contribution is 0.708. The Bertz CT molecular complexity index is 498. The molecule has 1 heterocycles. The summed E-state index contributed by atoms with van der Waals surface area (Å²) in [5, 5.41) is 2.17. The Hall–Kier alpha value is -0.950. The SMILES string of the molecule is Clc1ccc2[nH]c3c(c2c1)CCCCC3. The number of halogens is 1. The van der Waals surface area contributed by atoms with Crippen LogP contribution in [-0.2, 0) is 12.8 Å². The Morgan fingerprint density at radius 3 is 2.87 bits per heavy atom. The number of aryl methyl sites for hydroxylation is 2. The van der Waals surface area contributed by atoms with E-state index in [0.29, 0.717) is 0 Å². The van der Waals surface area contributed by atoms with Gasteiger partial charge in [-0.05, 0) is 49.4 Å². The van der Waals surface area contributed by atoms with Crippen LogP contribution in [-0.4, -0.2) is 4.98 Å². The van der Waals surface area contributed by atoms with Crippen molar-refractivity contribution in [2.75, 3.05) is 0 Å². The molecule has 0 radical (unpaired) electrons. The quantitative estimate of drug-likeness (QED) is 0.643. The first-order valence-electron chi connectivity index (χ1n) is 5.63. The van der Waals surface area contributed by atoms with Crippen molar-refractivity contribution in [3.63, 3.8) is 0 Å². The fourth-order valence-electron chi connectivity index (χ4n) is 2.55. The van der Waals surface area contributed by atoms with Gasteiger partial charge in [0.15, 0.2) is 0 Å². The summed E-state index contributed by atoms with van der Waals surface area (Å²) in [4.78, 5) is 3.52. The van der Waals surface area contributed by atoms with E-state index in [1.54, 1.807) is 0 Å². The van der Waals surface area contributed by atoms with E-state index in [2.05, 4.69) is 17.1 Å². The standard InChI is InChI=1S/C13H14ClN/c14-9-6-7-13-11(8-9)10-4-2-1-3-5-12(10)15-13/h6-8,15H,1-5H2. The summed E-state index contributed by atoms with van der Waals surface area (Å²) in [5.74, 6) is 0. The van der Waals surface area contributed by atoms with Gasteiger partial charge in [-0.15, -0.1) is 0 Å². The van der Waals surface area contributed by atoms with Crippen LogP contribution in [0.3, 0.4) is 0 Å². The van der Waals surface area contributed by atoms with Gasteiger partial charge < -0.3 is 4.98 Å². The predicted molar refractivity (Wildman–Crippen MR) is 64.6 cm³/mol. The molecule has 1 aliphatic rings. The van der Waals surface area contributed by atoms with Gasteiger partial charge in [-0.1, -0.05) is 18.0 Å². The number of rotatable bonds is 0. The van der Waals surface area contributed by atoms with Gasteiger partial charge in [0.1, 0.15) is 0 Å². The van der Waals surface area contributed by atoms with Crippen LogP contribution < -0.4 is 0 Å². The van der Waals surface area contributed by atoms with Gasteiger partial charge in [-0.25, -0.2) is 0 Å². The van der Waals surface area contributed by atoms with E-state index in [1.165, 1.54) is 54.3 Å². The van der Waals surface area contributed by atoms with Crippen molar-refractivity contribution in [1.29, 1.82) is 0 Å². The van der Waals surface area contributed by atoms with Crippen LogP contribution in [0.2, 0.25) is 5.02 Å². The van der Waals surface area contributed by atoms with Gasteiger partial charge in [0, 0.05) is 21.6 Å². The molecular weight excluding hydrogens is 206 g/mol. The Morgan fingerprint density at radius 1 is 1.07 bits per heavy atom. The van der Waals surface area contributed by atoms with Gasteiger partial charge in [-0.3, -0.25) is 0 Å². The number of aromatic nitrogens is 1. The highest BCUT2D eigenvalue weighted by atomic mass is 35.5. The Balaban J connectivity index is 2.24. The number of hydrogen-bond acceptors (Lipinski definition) is 0. The summed E-state index contributed by atoms with van der Waals surface area (Å²) in [6, 6.07) is 6.14. The minimum absolute atomic E-state index is 0.841. The average molecular weight is 220 g/mol. The molecule has 0 amide bonds. The topological polar surface area (TPSA) is 15.8 Å². The van der Waals surface area contributed by atoms with Crippen molar-refractivity contribution in [1.82, 2.24) is 4.98 Å². The first-order valence-corrected chi connectivity index (χ1v) is 6.01. The molecule has 1 aromatic heterocycles. The molecule has 0 saturated carbocycles. The first-order chi connectivity index (χ1) is 7.34. The minimum Gasteiger partial charge on any atom is -0.358 e. The lowest BCUT2D eigenvalue weighted by atomic mass is 10.1. The number of benzene rings is 1. The number of aromatic amines is 1. The van der Waals surface area contributed by atoms with Crippen molar-refractivity contribution in [2.45, 2.75) is 32.1 Å². The maximum absolute atomic E-state index is 6.04. The molecule has 15 heavy (non-hydrogen) atoms. The van der Waals surface area contributed by atoms with E-state index in [0.717, 1.165) is 5.02 Å². The van der Waals surface area contributed by atoms with Crippen molar-refractivity contribution in [3.05, 3.63) is 34.5 Å². The summed E-state index contributed by atoms with van der Waals surface area (Å²) in [7, 11) is 0. The van der Waals surface area contributed by atoms with E-state index in [9.17, 15) is 0 Å². The van der Waals surface area contributed by atoms with Crippen molar-refractivity contribution >= 4 is 22.5 Å². The second-order valence-electron chi connectivity index (χ2n) is 4.33. The molecule has 1 aliphatic carbocycles. The predicted octanol–water partition coefficient (Wildman–Crippen LogP) is 4.09. The molecule has 0 atom stereocenters. The zero-order valence-corrected chi connectivity index (χ0v) is 9.40. The number of H-pyrrole nitrogens is 1. The molecule has 1 N–H and O–H groups in total. The lowest BCUT2D eigenvalue weighted by Gasteiger charge is -1.97. The Labute approximate surface area is 94.4 Å². The van der Waals surface area contributed by atoms with Crippen LogP contribution in [0.25, 0.3) is 10.9 Å². The monoisotopic (exact) mass is 219 g/mol. The van der Waals surface area contributed by atoms with Gasteiger partial charge in [0.25, 0.3) is 0 Å². The van der Waals surface area contributed by atoms with Gasteiger partial charge in [0.2, 0.25) is 0 Å². The summed E-state index contributed by atoms with van der Waals surface area (Å²) >= 11 is 6.04. The van der Waals surface area contributed by atoms with Gasteiger partial charge in [-0.2, -0.15) is 0 Å². The summed E-state index contributed by atoms with van der Waals surface area (Å²) in [6.45, 7) is 0. The molecule has 0 aliphatic heterocycles. The smallest absolute Gasteiger partial charge is 0.0460 e. The normalized spacial score (nSPS) is 16.3. The van der Waals surface area contributed by atoms with Crippen LogP contribution in [0.15, 0.2) is 18.2 Å². The Kier molecular flexibility index (Phi) is 2.21. The van der Waals surface area contributed by atoms with Crippen LogP contribution in [0.5, 0.6) is 0 Å². The van der Waals surface area contributed by atoms with Crippen LogP contribution in [0.1, 0.15) is 30.5 Å². The zero-order chi connectivity index (χ0) is 10.3. The van der Waals surface area contributed by atoms with Crippen molar-refractivity contribution in [3.8, 4) is 0 Å². The molecular formula is C13H14ClN. The summed E-state index contributed by atoms with van der Waals surface area (Å²) in [6.07, 6.45) is 6.38. The van der Waals surface area contributed by atoms with Crippen LogP contribution in [0, 0.1) is 0 Å². The van der Waals surface area contributed by atoms with E-state index >= 15 is 0 Å². The highest BCUT2D eigenvalue weighted by molar-refractivity contribution is 6.31. The maximum Gasteiger partial charge on any atom is 0.0460 e. The highest BCUT2D eigenvalue weighted by Gasteiger charge is 2.13. The van der Waals surface area contributed by atoms with Gasteiger partial charge >= 0.3 is 0 Å². The second-order valence-corrected chi connectivity index (χ2v) is 4.77. The first kappa shape index (κ1) is 9.29. The molecule has 1 nitrogen and oxygen atoms in total. The maximum atomic E-state index is 6.04. The molecule has 2 heteroatoms. The summed E-state index contributed by atoms with van der Waals surface area (Å²) < 4.78 is 0. The third-order valence-electron chi connectivity index (χ3n) is 3.31. The highest BCUT2D eigenvalue weighted by Crippen LogP contribution is 2.29. The molecule has 3 rings (SSSR count). The molecule has 1 aromatic carbocycles. The number of nitrogens with one attached hydrogen (secondary N) is 1. The van der Waals surface area contributed by atoms with Crippen molar-refractivity contribution < 1.29 is 0 Å². The van der Waals surface area contributed by atoms with E-state index in [4.69, 9.17) is 11.6 Å². The molecule has 0 unspecified atom stereocenters.